The number of aryl methyl sites for hydroxylation is 1. The van der Waals surface area contributed by atoms with E-state index in [1.165, 1.54) is 0 Å². The van der Waals surface area contributed by atoms with Gasteiger partial charge in [-0.15, -0.1) is 0 Å². The van der Waals surface area contributed by atoms with Gasteiger partial charge in [0, 0.05) is 30.0 Å². The summed E-state index contributed by atoms with van der Waals surface area (Å²) in [6, 6.07) is 11.7. The SMILES string of the molecule is CCC(NCc1ccc(C)nc1)c1ccccc1O. The number of hydrogen-bond acceptors (Lipinski definition) is 3. The second-order valence-electron chi connectivity index (χ2n) is 4.71. The summed E-state index contributed by atoms with van der Waals surface area (Å²) < 4.78 is 0. The number of para-hydroxylation sites is 1. The van der Waals surface area contributed by atoms with E-state index in [1.54, 1.807) is 6.07 Å². The van der Waals surface area contributed by atoms with Crippen LogP contribution in [0.2, 0.25) is 0 Å². The van der Waals surface area contributed by atoms with Crippen LogP contribution in [0.4, 0.5) is 0 Å². The van der Waals surface area contributed by atoms with Crippen LogP contribution in [0.3, 0.4) is 0 Å². The molecule has 0 amide bonds. The maximum absolute atomic E-state index is 9.89. The van der Waals surface area contributed by atoms with Crippen molar-refractivity contribution in [3.05, 3.63) is 59.4 Å². The van der Waals surface area contributed by atoms with Crippen LogP contribution >= 0.6 is 0 Å². The Morgan fingerprint density at radius 2 is 2.00 bits per heavy atom. The molecule has 2 rings (SSSR count). The molecule has 1 aromatic carbocycles. The molecule has 0 spiro atoms. The number of phenols is 1. The Morgan fingerprint density at radius 1 is 1.21 bits per heavy atom. The third-order valence-electron chi connectivity index (χ3n) is 3.25. The number of pyridine rings is 1. The van der Waals surface area contributed by atoms with Gasteiger partial charge >= 0.3 is 0 Å². The largest absolute Gasteiger partial charge is 0.508 e. The molecule has 19 heavy (non-hydrogen) atoms. The van der Waals surface area contributed by atoms with Crippen LogP contribution in [0.15, 0.2) is 42.6 Å². The summed E-state index contributed by atoms with van der Waals surface area (Å²) in [4.78, 5) is 4.28. The number of nitrogens with zero attached hydrogens (tertiary/aromatic N) is 1. The fourth-order valence-corrected chi connectivity index (χ4v) is 2.10. The van der Waals surface area contributed by atoms with E-state index in [0.29, 0.717) is 5.75 Å². The van der Waals surface area contributed by atoms with Gasteiger partial charge in [-0.2, -0.15) is 0 Å². The van der Waals surface area contributed by atoms with Crippen molar-refractivity contribution in [3.8, 4) is 5.75 Å². The van der Waals surface area contributed by atoms with Gasteiger partial charge < -0.3 is 10.4 Å². The van der Waals surface area contributed by atoms with Crippen LogP contribution in [-0.2, 0) is 6.54 Å². The normalized spacial score (nSPS) is 12.3. The molecule has 1 heterocycles. The average molecular weight is 256 g/mol. The fraction of sp³-hybridized carbons (Fsp3) is 0.312. The molecule has 0 aliphatic carbocycles. The zero-order valence-corrected chi connectivity index (χ0v) is 11.4. The highest BCUT2D eigenvalue weighted by molar-refractivity contribution is 5.34. The molecule has 0 saturated heterocycles. The molecule has 2 aromatic rings. The number of hydrogen-bond donors (Lipinski definition) is 2. The molecule has 0 bridgehead atoms. The molecule has 3 nitrogen and oxygen atoms in total. The van der Waals surface area contributed by atoms with Crippen LogP contribution in [-0.4, -0.2) is 10.1 Å². The molecule has 1 atom stereocenters. The number of phenolic OH excluding ortho intramolecular Hbond substituents is 1. The van der Waals surface area contributed by atoms with Gasteiger partial charge in [0.2, 0.25) is 0 Å². The monoisotopic (exact) mass is 256 g/mol. The predicted molar refractivity (Wildman–Crippen MR) is 77.0 cm³/mol. The first-order valence-electron chi connectivity index (χ1n) is 6.63. The van der Waals surface area contributed by atoms with E-state index < -0.39 is 0 Å². The van der Waals surface area contributed by atoms with Gasteiger partial charge in [-0.05, 0) is 31.0 Å². The number of benzene rings is 1. The molecule has 0 radical (unpaired) electrons. The fourth-order valence-electron chi connectivity index (χ4n) is 2.10. The van der Waals surface area contributed by atoms with Crippen molar-refractivity contribution in [3.63, 3.8) is 0 Å². The molecule has 1 aromatic heterocycles. The van der Waals surface area contributed by atoms with Crippen molar-refractivity contribution in [1.29, 1.82) is 0 Å². The Hall–Kier alpha value is -1.87. The molecule has 0 saturated carbocycles. The van der Waals surface area contributed by atoms with E-state index in [4.69, 9.17) is 0 Å². The average Bonchev–Trinajstić information content (AvgIpc) is 2.43. The highest BCUT2D eigenvalue weighted by atomic mass is 16.3. The van der Waals surface area contributed by atoms with Crippen LogP contribution in [0.25, 0.3) is 0 Å². The highest BCUT2D eigenvalue weighted by Gasteiger charge is 2.12. The van der Waals surface area contributed by atoms with Gasteiger partial charge in [0.1, 0.15) is 5.75 Å². The number of rotatable bonds is 5. The third kappa shape index (κ3) is 3.55. The lowest BCUT2D eigenvalue weighted by atomic mass is 10.0. The summed E-state index contributed by atoms with van der Waals surface area (Å²) in [5.41, 5.74) is 3.13. The second kappa shape index (κ2) is 6.34. The molecule has 0 aliphatic rings. The Labute approximate surface area is 114 Å². The van der Waals surface area contributed by atoms with Gasteiger partial charge in [0.15, 0.2) is 0 Å². The zero-order chi connectivity index (χ0) is 13.7. The van der Waals surface area contributed by atoms with Gasteiger partial charge in [-0.3, -0.25) is 4.98 Å². The Bertz CT molecular complexity index is 523. The molecular formula is C16H20N2O. The maximum Gasteiger partial charge on any atom is 0.120 e. The molecule has 100 valence electrons. The van der Waals surface area contributed by atoms with Crippen LogP contribution < -0.4 is 5.32 Å². The lowest BCUT2D eigenvalue weighted by Crippen LogP contribution is -2.20. The second-order valence-corrected chi connectivity index (χ2v) is 4.71. The lowest BCUT2D eigenvalue weighted by molar-refractivity contribution is 0.440. The van der Waals surface area contributed by atoms with E-state index >= 15 is 0 Å². The molecular weight excluding hydrogens is 236 g/mol. The van der Waals surface area contributed by atoms with Crippen molar-refractivity contribution < 1.29 is 5.11 Å². The Morgan fingerprint density at radius 3 is 2.63 bits per heavy atom. The third-order valence-corrected chi connectivity index (χ3v) is 3.25. The number of aromatic nitrogens is 1. The van der Waals surface area contributed by atoms with E-state index in [2.05, 4.69) is 23.3 Å². The van der Waals surface area contributed by atoms with Crippen LogP contribution in [0.5, 0.6) is 5.75 Å². The standard InChI is InChI=1S/C16H20N2O/c1-3-15(14-6-4-5-7-16(14)19)18-11-13-9-8-12(2)17-10-13/h4-10,15,18-19H,3,11H2,1-2H3. The maximum atomic E-state index is 9.89. The van der Waals surface area contributed by atoms with E-state index in [0.717, 1.165) is 29.8 Å². The van der Waals surface area contributed by atoms with E-state index in [1.807, 2.05) is 37.4 Å². The number of aromatic hydroxyl groups is 1. The van der Waals surface area contributed by atoms with Crippen molar-refractivity contribution in [1.82, 2.24) is 10.3 Å². The van der Waals surface area contributed by atoms with Crippen LogP contribution in [0, 0.1) is 6.92 Å². The minimum atomic E-state index is 0.155. The van der Waals surface area contributed by atoms with Crippen molar-refractivity contribution in [2.45, 2.75) is 32.9 Å². The van der Waals surface area contributed by atoms with Crippen molar-refractivity contribution >= 4 is 0 Å². The van der Waals surface area contributed by atoms with Gasteiger partial charge in [0.05, 0.1) is 0 Å². The van der Waals surface area contributed by atoms with Gasteiger partial charge in [-0.1, -0.05) is 31.2 Å². The summed E-state index contributed by atoms with van der Waals surface area (Å²) in [6.07, 6.45) is 2.82. The molecule has 0 fully saturated rings. The summed E-state index contributed by atoms with van der Waals surface area (Å²) in [7, 11) is 0. The first-order valence-corrected chi connectivity index (χ1v) is 6.63. The van der Waals surface area contributed by atoms with Crippen molar-refractivity contribution in [2.24, 2.45) is 0 Å². The molecule has 3 heteroatoms. The Balaban J connectivity index is 2.04. The lowest BCUT2D eigenvalue weighted by Gasteiger charge is -2.18. The number of nitrogens with one attached hydrogen (secondary N) is 1. The minimum Gasteiger partial charge on any atom is -0.508 e. The summed E-state index contributed by atoms with van der Waals surface area (Å²) in [5.74, 6) is 0.351. The van der Waals surface area contributed by atoms with Crippen LogP contribution in [0.1, 0.15) is 36.2 Å². The predicted octanol–water partition coefficient (Wildman–Crippen LogP) is 3.34. The van der Waals surface area contributed by atoms with Gasteiger partial charge in [-0.25, -0.2) is 0 Å². The summed E-state index contributed by atoms with van der Waals surface area (Å²) in [5, 5.41) is 13.4. The molecule has 1 unspecified atom stereocenters. The van der Waals surface area contributed by atoms with E-state index in [-0.39, 0.29) is 6.04 Å². The minimum absolute atomic E-state index is 0.155. The highest BCUT2D eigenvalue weighted by Crippen LogP contribution is 2.25. The van der Waals surface area contributed by atoms with E-state index in [9.17, 15) is 5.11 Å². The summed E-state index contributed by atoms with van der Waals surface area (Å²) >= 11 is 0. The van der Waals surface area contributed by atoms with Gasteiger partial charge in [0.25, 0.3) is 0 Å². The summed E-state index contributed by atoms with van der Waals surface area (Å²) in [6.45, 7) is 4.84. The molecule has 0 aliphatic heterocycles. The van der Waals surface area contributed by atoms with Crippen molar-refractivity contribution in [2.75, 3.05) is 0 Å². The smallest absolute Gasteiger partial charge is 0.120 e. The quantitative estimate of drug-likeness (QED) is 0.862. The molecule has 2 N–H and O–H groups in total. The first kappa shape index (κ1) is 13.6. The Kier molecular flexibility index (Phi) is 4.53. The topological polar surface area (TPSA) is 45.2 Å². The first-order chi connectivity index (χ1) is 9.20. The zero-order valence-electron chi connectivity index (χ0n) is 11.4.